The van der Waals surface area contributed by atoms with Crippen LogP contribution in [-0.2, 0) is 0 Å². The molecule has 0 amide bonds. The summed E-state index contributed by atoms with van der Waals surface area (Å²) in [5.74, 6) is 3.45. The number of nitrogens with two attached hydrogens (primary N) is 1. The monoisotopic (exact) mass is 268 g/mol. The molecule has 0 aliphatic heterocycles. The third kappa shape index (κ3) is 3.92. The minimum absolute atomic E-state index is 0.0688. The molecule has 1 rings (SSSR count). The molecule has 0 spiro atoms. The molecule has 0 aliphatic rings. The molecule has 1 aromatic carbocycles. The lowest BCUT2D eigenvalue weighted by atomic mass is 9.99. The molecule has 1 unspecified atom stereocenters. The van der Waals surface area contributed by atoms with Gasteiger partial charge in [-0.15, -0.1) is 0 Å². The fourth-order valence-corrected chi connectivity index (χ4v) is 1.58. The number of rotatable bonds is 4. The van der Waals surface area contributed by atoms with E-state index >= 15 is 0 Å². The molecular formula is C11H13F5N2. The molecule has 102 valence electrons. The van der Waals surface area contributed by atoms with Gasteiger partial charge in [-0.1, -0.05) is 0 Å². The second-order valence-corrected chi connectivity index (χ2v) is 4.00. The Labute approximate surface area is 101 Å². The third-order valence-corrected chi connectivity index (χ3v) is 2.57. The summed E-state index contributed by atoms with van der Waals surface area (Å²) in [4.78, 5) is 0. The minimum atomic E-state index is -4.35. The number of aryl methyl sites for hydroxylation is 1. The van der Waals surface area contributed by atoms with Crippen molar-refractivity contribution in [3.8, 4) is 0 Å². The van der Waals surface area contributed by atoms with Gasteiger partial charge in [0.25, 0.3) is 0 Å². The van der Waals surface area contributed by atoms with Gasteiger partial charge >= 0.3 is 6.18 Å². The van der Waals surface area contributed by atoms with Gasteiger partial charge in [0.2, 0.25) is 0 Å². The summed E-state index contributed by atoms with van der Waals surface area (Å²) in [6.07, 6.45) is -5.86. The molecule has 0 fully saturated rings. The number of nitrogens with one attached hydrogen (secondary N) is 1. The summed E-state index contributed by atoms with van der Waals surface area (Å²) < 4.78 is 62.8. The quantitative estimate of drug-likeness (QED) is 0.500. The second-order valence-electron chi connectivity index (χ2n) is 4.00. The maximum atomic E-state index is 13.5. The zero-order valence-electron chi connectivity index (χ0n) is 9.61. The summed E-state index contributed by atoms with van der Waals surface area (Å²) in [5.41, 5.74) is 2.20. The van der Waals surface area contributed by atoms with Gasteiger partial charge in [0, 0.05) is 24.1 Å². The average Bonchev–Trinajstić information content (AvgIpc) is 2.24. The summed E-state index contributed by atoms with van der Waals surface area (Å²) in [5, 5.41) is 0. The average molecular weight is 268 g/mol. The van der Waals surface area contributed by atoms with E-state index in [4.69, 9.17) is 5.84 Å². The number of hydrogen-bond acceptors (Lipinski definition) is 2. The Kier molecular flexibility index (Phi) is 4.64. The van der Waals surface area contributed by atoms with E-state index in [9.17, 15) is 22.0 Å². The van der Waals surface area contributed by atoms with Crippen LogP contribution in [0.25, 0.3) is 0 Å². The van der Waals surface area contributed by atoms with Crippen molar-refractivity contribution in [2.45, 2.75) is 32.0 Å². The fourth-order valence-electron chi connectivity index (χ4n) is 1.58. The highest BCUT2D eigenvalue weighted by Crippen LogP contribution is 2.29. The normalized spacial score (nSPS) is 13.7. The van der Waals surface area contributed by atoms with Crippen LogP contribution in [0, 0.1) is 18.6 Å². The number of halogens is 5. The molecule has 7 heteroatoms. The van der Waals surface area contributed by atoms with E-state index in [0.717, 1.165) is 6.07 Å². The van der Waals surface area contributed by atoms with E-state index in [1.54, 1.807) is 0 Å². The van der Waals surface area contributed by atoms with Gasteiger partial charge in [-0.05, 0) is 25.0 Å². The van der Waals surface area contributed by atoms with Crippen LogP contribution < -0.4 is 11.3 Å². The highest BCUT2D eigenvalue weighted by Gasteiger charge is 2.29. The standard InChI is InChI=1S/C11H13F5N2/c1-6-4-7(9(13)5-8(6)12)10(18-17)2-3-11(14,15)16/h4-5,10,18H,2-3,17H2,1H3. The van der Waals surface area contributed by atoms with Crippen molar-refractivity contribution >= 4 is 0 Å². The summed E-state index contributed by atoms with van der Waals surface area (Å²) in [7, 11) is 0. The number of hydrogen-bond donors (Lipinski definition) is 2. The predicted molar refractivity (Wildman–Crippen MR) is 56.4 cm³/mol. The first-order valence-electron chi connectivity index (χ1n) is 5.23. The van der Waals surface area contributed by atoms with Crippen LogP contribution in [-0.4, -0.2) is 6.18 Å². The zero-order valence-corrected chi connectivity index (χ0v) is 9.61. The van der Waals surface area contributed by atoms with Crippen molar-refractivity contribution < 1.29 is 22.0 Å². The predicted octanol–water partition coefficient (Wildman–Crippen LogP) is 3.12. The topological polar surface area (TPSA) is 38.0 Å². The lowest BCUT2D eigenvalue weighted by Gasteiger charge is -2.18. The van der Waals surface area contributed by atoms with Gasteiger partial charge in [-0.3, -0.25) is 11.3 Å². The van der Waals surface area contributed by atoms with Crippen LogP contribution in [0.1, 0.15) is 30.0 Å². The second kappa shape index (κ2) is 5.62. The van der Waals surface area contributed by atoms with E-state index in [2.05, 4.69) is 5.43 Å². The molecule has 0 aromatic heterocycles. The van der Waals surface area contributed by atoms with Crippen LogP contribution in [0.5, 0.6) is 0 Å². The van der Waals surface area contributed by atoms with Crippen molar-refractivity contribution in [1.29, 1.82) is 0 Å². The van der Waals surface area contributed by atoms with Crippen molar-refractivity contribution in [3.05, 3.63) is 34.9 Å². The number of hydrazine groups is 1. The van der Waals surface area contributed by atoms with Crippen molar-refractivity contribution in [3.63, 3.8) is 0 Å². The number of alkyl halides is 3. The van der Waals surface area contributed by atoms with Gasteiger partial charge in [-0.2, -0.15) is 13.2 Å². The lowest BCUT2D eigenvalue weighted by molar-refractivity contribution is -0.136. The third-order valence-electron chi connectivity index (χ3n) is 2.57. The molecule has 0 radical (unpaired) electrons. The van der Waals surface area contributed by atoms with Gasteiger partial charge in [0.05, 0.1) is 0 Å². The molecule has 0 bridgehead atoms. The smallest absolute Gasteiger partial charge is 0.271 e. The minimum Gasteiger partial charge on any atom is -0.271 e. The SMILES string of the molecule is Cc1cc(C(CCC(F)(F)F)NN)c(F)cc1F. The Morgan fingerprint density at radius 1 is 1.22 bits per heavy atom. The van der Waals surface area contributed by atoms with Crippen molar-refractivity contribution in [2.75, 3.05) is 0 Å². The Hall–Kier alpha value is -1.21. The molecule has 0 saturated heterocycles. The highest BCUT2D eigenvalue weighted by atomic mass is 19.4. The van der Waals surface area contributed by atoms with Gasteiger partial charge in [-0.25, -0.2) is 8.78 Å². The van der Waals surface area contributed by atoms with Gasteiger partial charge < -0.3 is 0 Å². The first-order valence-corrected chi connectivity index (χ1v) is 5.23. The summed E-state index contributed by atoms with van der Waals surface area (Å²) in [6.45, 7) is 1.40. The molecule has 0 saturated carbocycles. The van der Waals surface area contributed by atoms with E-state index in [-0.39, 0.29) is 11.1 Å². The molecule has 1 atom stereocenters. The van der Waals surface area contributed by atoms with Gasteiger partial charge in [0.15, 0.2) is 0 Å². The fraction of sp³-hybridized carbons (Fsp3) is 0.455. The van der Waals surface area contributed by atoms with E-state index in [0.29, 0.717) is 6.07 Å². The van der Waals surface area contributed by atoms with Crippen LogP contribution in [0.15, 0.2) is 12.1 Å². The lowest BCUT2D eigenvalue weighted by Crippen LogP contribution is -2.30. The Morgan fingerprint density at radius 2 is 1.83 bits per heavy atom. The summed E-state index contributed by atoms with van der Waals surface area (Å²) in [6, 6.07) is 0.791. The largest absolute Gasteiger partial charge is 0.389 e. The van der Waals surface area contributed by atoms with Gasteiger partial charge in [0.1, 0.15) is 11.6 Å². The van der Waals surface area contributed by atoms with E-state index in [1.165, 1.54) is 6.92 Å². The van der Waals surface area contributed by atoms with Crippen molar-refractivity contribution in [1.82, 2.24) is 5.43 Å². The molecule has 18 heavy (non-hydrogen) atoms. The first-order chi connectivity index (χ1) is 8.24. The molecule has 2 nitrogen and oxygen atoms in total. The van der Waals surface area contributed by atoms with Crippen LogP contribution in [0.2, 0.25) is 0 Å². The molecular weight excluding hydrogens is 255 g/mol. The Morgan fingerprint density at radius 3 is 2.33 bits per heavy atom. The Bertz CT molecular complexity index is 417. The van der Waals surface area contributed by atoms with Crippen molar-refractivity contribution in [2.24, 2.45) is 5.84 Å². The molecule has 0 aliphatic carbocycles. The van der Waals surface area contributed by atoms with Crippen LogP contribution in [0.3, 0.4) is 0 Å². The zero-order chi connectivity index (χ0) is 13.9. The molecule has 1 aromatic rings. The van der Waals surface area contributed by atoms with E-state index < -0.39 is 36.7 Å². The Balaban J connectivity index is 2.92. The summed E-state index contributed by atoms with van der Waals surface area (Å²) >= 11 is 0. The van der Waals surface area contributed by atoms with Crippen LogP contribution >= 0.6 is 0 Å². The van der Waals surface area contributed by atoms with Crippen LogP contribution in [0.4, 0.5) is 22.0 Å². The number of benzene rings is 1. The maximum absolute atomic E-state index is 13.5. The first kappa shape index (κ1) is 14.8. The molecule has 0 heterocycles. The molecule has 3 N–H and O–H groups in total. The van der Waals surface area contributed by atoms with E-state index in [1.807, 2.05) is 0 Å². The highest BCUT2D eigenvalue weighted by molar-refractivity contribution is 5.28. The maximum Gasteiger partial charge on any atom is 0.389 e.